The highest BCUT2D eigenvalue weighted by molar-refractivity contribution is 6.12. The van der Waals surface area contributed by atoms with E-state index in [9.17, 15) is 0 Å². The van der Waals surface area contributed by atoms with Gasteiger partial charge >= 0.3 is 0 Å². The molecule has 0 aliphatic heterocycles. The van der Waals surface area contributed by atoms with Crippen LogP contribution in [0.2, 0.25) is 0 Å². The van der Waals surface area contributed by atoms with Gasteiger partial charge in [0.2, 0.25) is 0 Å². The summed E-state index contributed by atoms with van der Waals surface area (Å²) in [6.07, 6.45) is 5.89. The van der Waals surface area contributed by atoms with Gasteiger partial charge in [0.25, 0.3) is 0 Å². The molecule has 1 spiro atoms. The Bertz CT molecular complexity index is 4090. The van der Waals surface area contributed by atoms with Gasteiger partial charge in [-0.05, 0) is 144 Å². The summed E-state index contributed by atoms with van der Waals surface area (Å²) in [5.74, 6) is 0. The van der Waals surface area contributed by atoms with Gasteiger partial charge in [0.1, 0.15) is 0 Å². The predicted octanol–water partition coefficient (Wildman–Crippen LogP) is 18.3. The van der Waals surface area contributed by atoms with Crippen LogP contribution < -0.4 is 4.90 Å². The molecule has 0 saturated heterocycles. The molecule has 0 radical (unpaired) electrons. The molecule has 72 heavy (non-hydrogen) atoms. The van der Waals surface area contributed by atoms with Crippen LogP contribution >= 0.6 is 0 Å². The number of benzene rings is 10. The average molecular weight is 919 g/mol. The molecule has 0 saturated carbocycles. The van der Waals surface area contributed by atoms with Gasteiger partial charge in [-0.1, -0.05) is 209 Å². The third kappa shape index (κ3) is 5.72. The summed E-state index contributed by atoms with van der Waals surface area (Å²) < 4.78 is 2.47. The fraction of sp³-hybridized carbons (Fsp3) is 0.0571. The molecule has 0 bridgehead atoms. The van der Waals surface area contributed by atoms with Crippen LogP contribution in [0.25, 0.3) is 77.6 Å². The van der Waals surface area contributed by atoms with Crippen molar-refractivity contribution in [2.24, 2.45) is 0 Å². The van der Waals surface area contributed by atoms with E-state index < -0.39 is 5.41 Å². The SMILES string of the molecule is C=C/C=C(\C=C)c1cccc2c1-c1ccccc1C21c2ccccc2-c2c(N(c3ccc(-c4ccccc4)cc3)c3ccc(-n4c5ccccc5c5cc6c(cc54)C(C)(C)c4ccccc4-6)cc3)cccc21. The molecule has 2 heteroatoms. The number of hydrogen-bond donors (Lipinski definition) is 0. The van der Waals surface area contributed by atoms with E-state index in [1.807, 2.05) is 12.2 Å². The van der Waals surface area contributed by atoms with Crippen LogP contribution in [-0.4, -0.2) is 4.57 Å². The Morgan fingerprint density at radius 2 is 1.01 bits per heavy atom. The van der Waals surface area contributed by atoms with Gasteiger partial charge in [-0.3, -0.25) is 0 Å². The van der Waals surface area contributed by atoms with E-state index >= 15 is 0 Å². The Morgan fingerprint density at radius 3 is 1.72 bits per heavy atom. The molecule has 340 valence electrons. The predicted molar refractivity (Wildman–Crippen MR) is 303 cm³/mol. The highest BCUT2D eigenvalue weighted by atomic mass is 15.1. The Balaban J connectivity index is 0.984. The molecule has 1 heterocycles. The summed E-state index contributed by atoms with van der Waals surface area (Å²) in [7, 11) is 0. The van der Waals surface area contributed by atoms with Crippen LogP contribution in [0.3, 0.4) is 0 Å². The van der Waals surface area contributed by atoms with Crippen LogP contribution in [0.5, 0.6) is 0 Å². The maximum absolute atomic E-state index is 4.26. The molecule has 2 nitrogen and oxygen atoms in total. The average Bonchev–Trinajstić information content (AvgIpc) is 4.10. The second-order valence-corrected chi connectivity index (χ2v) is 20.0. The summed E-state index contributed by atoms with van der Waals surface area (Å²) >= 11 is 0. The lowest BCUT2D eigenvalue weighted by Gasteiger charge is -2.32. The van der Waals surface area contributed by atoms with Crippen molar-refractivity contribution in [3.63, 3.8) is 0 Å². The number of rotatable bonds is 8. The third-order valence-electron chi connectivity index (χ3n) is 16.2. The number of allylic oxidation sites excluding steroid dienone is 4. The normalized spacial score (nSPS) is 15.4. The van der Waals surface area contributed by atoms with Crippen LogP contribution in [0.15, 0.2) is 256 Å². The van der Waals surface area contributed by atoms with E-state index in [0.717, 1.165) is 33.9 Å². The van der Waals surface area contributed by atoms with Crippen molar-refractivity contribution in [3.8, 4) is 50.2 Å². The largest absolute Gasteiger partial charge is 0.310 e. The molecular formula is C70H50N2. The van der Waals surface area contributed by atoms with E-state index in [2.05, 4.69) is 267 Å². The molecule has 14 rings (SSSR count). The van der Waals surface area contributed by atoms with Gasteiger partial charge in [-0.2, -0.15) is 0 Å². The zero-order chi connectivity index (χ0) is 48.3. The summed E-state index contributed by atoms with van der Waals surface area (Å²) in [5.41, 5.74) is 26.4. The summed E-state index contributed by atoms with van der Waals surface area (Å²) in [6, 6.07) is 83.7. The Labute approximate surface area is 421 Å². The van der Waals surface area contributed by atoms with E-state index in [1.165, 1.54) is 99.7 Å². The lowest BCUT2D eigenvalue weighted by atomic mass is 9.70. The number of aromatic nitrogens is 1. The van der Waals surface area contributed by atoms with Crippen molar-refractivity contribution < 1.29 is 0 Å². The standard InChI is InChI=1S/C70H50N2/c1-5-20-45(6-2)51-27-18-31-61-67(51)54-25-11-15-29-59(54)70(61)60-30-16-12-26-55(60)68-62(70)32-19-34-65(68)71(48-37-35-47(36-38-48)46-21-8-7-9-22-46)49-39-41-50(42-40-49)72-64-33-17-13-24-53(64)57-43-56-52-23-10-14-28-58(52)69(3,4)63(56)44-66(57)72/h5-44H,1-2H2,3-4H3/b45-20+. The van der Waals surface area contributed by atoms with Crippen molar-refractivity contribution in [2.75, 3.05) is 4.90 Å². The Morgan fingerprint density at radius 1 is 0.444 bits per heavy atom. The maximum Gasteiger partial charge on any atom is 0.0726 e. The molecule has 10 aromatic carbocycles. The quantitative estimate of drug-likeness (QED) is 0.138. The molecule has 3 aliphatic carbocycles. The van der Waals surface area contributed by atoms with Gasteiger partial charge in [0, 0.05) is 38.8 Å². The zero-order valence-corrected chi connectivity index (χ0v) is 40.4. The Hall–Kier alpha value is -8.98. The van der Waals surface area contributed by atoms with Gasteiger partial charge < -0.3 is 9.47 Å². The van der Waals surface area contributed by atoms with Crippen LogP contribution in [0.1, 0.15) is 52.8 Å². The first kappa shape index (κ1) is 41.9. The first-order chi connectivity index (χ1) is 35.4. The fourth-order valence-electron chi connectivity index (χ4n) is 13.1. The minimum absolute atomic E-state index is 0.114. The monoisotopic (exact) mass is 918 g/mol. The molecule has 1 unspecified atom stereocenters. The van der Waals surface area contributed by atoms with Gasteiger partial charge in [-0.15, -0.1) is 0 Å². The van der Waals surface area contributed by atoms with Crippen LogP contribution in [0.4, 0.5) is 17.1 Å². The lowest BCUT2D eigenvalue weighted by molar-refractivity contribution is 0.661. The fourth-order valence-corrected chi connectivity index (χ4v) is 13.1. The van der Waals surface area contributed by atoms with Crippen molar-refractivity contribution in [3.05, 3.63) is 295 Å². The van der Waals surface area contributed by atoms with Gasteiger partial charge in [0.15, 0.2) is 0 Å². The van der Waals surface area contributed by atoms with E-state index in [4.69, 9.17) is 0 Å². The molecule has 1 aromatic heterocycles. The summed E-state index contributed by atoms with van der Waals surface area (Å²) in [5, 5.41) is 2.53. The van der Waals surface area contributed by atoms with E-state index in [1.54, 1.807) is 0 Å². The third-order valence-corrected chi connectivity index (χ3v) is 16.2. The Kier molecular flexibility index (Phi) is 9.19. The molecule has 0 fully saturated rings. The first-order valence-corrected chi connectivity index (χ1v) is 25.1. The molecular weight excluding hydrogens is 869 g/mol. The second kappa shape index (κ2) is 15.8. The summed E-state index contributed by atoms with van der Waals surface area (Å²) in [4.78, 5) is 2.48. The van der Waals surface area contributed by atoms with Crippen molar-refractivity contribution in [2.45, 2.75) is 24.7 Å². The number of nitrogens with zero attached hydrogens (tertiary/aromatic N) is 2. The van der Waals surface area contributed by atoms with E-state index in [-0.39, 0.29) is 5.41 Å². The molecule has 3 aliphatic rings. The van der Waals surface area contributed by atoms with Gasteiger partial charge in [-0.25, -0.2) is 0 Å². The van der Waals surface area contributed by atoms with Crippen molar-refractivity contribution in [1.82, 2.24) is 4.57 Å². The zero-order valence-electron chi connectivity index (χ0n) is 40.4. The smallest absolute Gasteiger partial charge is 0.0726 e. The van der Waals surface area contributed by atoms with Crippen molar-refractivity contribution >= 4 is 44.4 Å². The minimum Gasteiger partial charge on any atom is -0.310 e. The first-order valence-electron chi connectivity index (χ1n) is 25.1. The molecule has 0 amide bonds. The summed E-state index contributed by atoms with van der Waals surface area (Å²) in [6.45, 7) is 13.1. The van der Waals surface area contributed by atoms with Crippen molar-refractivity contribution in [1.29, 1.82) is 0 Å². The molecule has 11 aromatic rings. The topological polar surface area (TPSA) is 8.17 Å². The number of fused-ring (bicyclic) bond motifs is 16. The minimum atomic E-state index is -0.552. The second-order valence-electron chi connectivity index (χ2n) is 20.0. The molecule has 0 N–H and O–H groups in total. The highest BCUT2D eigenvalue weighted by Gasteiger charge is 2.53. The van der Waals surface area contributed by atoms with E-state index in [0.29, 0.717) is 0 Å². The van der Waals surface area contributed by atoms with Gasteiger partial charge in [0.05, 0.1) is 22.1 Å². The van der Waals surface area contributed by atoms with Crippen LogP contribution in [-0.2, 0) is 10.8 Å². The number of para-hydroxylation sites is 1. The maximum atomic E-state index is 4.26. The molecule has 1 atom stereocenters. The number of anilines is 3. The lowest BCUT2D eigenvalue weighted by Crippen LogP contribution is -2.26. The highest BCUT2D eigenvalue weighted by Crippen LogP contribution is 2.65. The number of hydrogen-bond acceptors (Lipinski definition) is 1. The van der Waals surface area contributed by atoms with Crippen LogP contribution in [0, 0.1) is 0 Å².